The number of benzene rings is 2. The van der Waals surface area contributed by atoms with Crippen molar-refractivity contribution >= 4 is 11.6 Å². The van der Waals surface area contributed by atoms with Crippen LogP contribution in [-0.4, -0.2) is 12.5 Å². The Morgan fingerprint density at radius 2 is 1.89 bits per heavy atom. The molecule has 0 unspecified atom stereocenters. The predicted molar refractivity (Wildman–Crippen MR) is 108 cm³/mol. The summed E-state index contributed by atoms with van der Waals surface area (Å²) in [5.41, 5.74) is 2.86. The van der Waals surface area contributed by atoms with Crippen molar-refractivity contribution < 1.29 is 18.7 Å². The second-order valence-electron chi connectivity index (χ2n) is 6.84. The molecule has 1 heterocycles. The van der Waals surface area contributed by atoms with E-state index in [1.54, 1.807) is 6.26 Å². The number of amides is 1. The molecule has 0 bridgehead atoms. The van der Waals surface area contributed by atoms with Gasteiger partial charge in [-0.3, -0.25) is 4.79 Å². The van der Waals surface area contributed by atoms with E-state index in [-0.39, 0.29) is 12.5 Å². The van der Waals surface area contributed by atoms with Crippen molar-refractivity contribution in [1.29, 1.82) is 0 Å². The number of furan rings is 1. The van der Waals surface area contributed by atoms with Crippen molar-refractivity contribution in [1.82, 2.24) is 0 Å². The van der Waals surface area contributed by atoms with Crippen LogP contribution in [0.25, 0.3) is 0 Å². The van der Waals surface area contributed by atoms with Gasteiger partial charge in [0, 0.05) is 5.69 Å². The molecule has 5 heteroatoms. The van der Waals surface area contributed by atoms with Crippen molar-refractivity contribution in [3.63, 3.8) is 0 Å². The highest BCUT2D eigenvalue weighted by Crippen LogP contribution is 2.20. The molecular weight excluding hydrogens is 354 g/mol. The van der Waals surface area contributed by atoms with Crippen LogP contribution in [0.15, 0.2) is 71.3 Å². The summed E-state index contributed by atoms with van der Waals surface area (Å²) in [6.07, 6.45) is 1.62. The Labute approximate surface area is 165 Å². The van der Waals surface area contributed by atoms with Gasteiger partial charge in [-0.2, -0.15) is 0 Å². The molecule has 2 aromatic carbocycles. The number of anilines is 1. The summed E-state index contributed by atoms with van der Waals surface area (Å²) < 4.78 is 16.5. The molecule has 1 amide bonds. The largest absolute Gasteiger partial charge is 0.484 e. The fourth-order valence-corrected chi connectivity index (χ4v) is 2.71. The molecule has 5 nitrogen and oxygen atoms in total. The van der Waals surface area contributed by atoms with E-state index in [0.717, 1.165) is 11.3 Å². The highest BCUT2D eigenvalue weighted by Gasteiger charge is 2.06. The van der Waals surface area contributed by atoms with E-state index in [2.05, 4.69) is 25.2 Å². The monoisotopic (exact) mass is 379 g/mol. The Kier molecular flexibility index (Phi) is 6.87. The average Bonchev–Trinajstić information content (AvgIpc) is 3.20. The van der Waals surface area contributed by atoms with E-state index >= 15 is 0 Å². The lowest BCUT2D eigenvalue weighted by Gasteiger charge is -2.11. The minimum Gasteiger partial charge on any atom is -0.484 e. The lowest BCUT2D eigenvalue weighted by atomic mass is 10.0. The molecule has 0 fully saturated rings. The minimum atomic E-state index is -0.205. The number of ether oxygens (including phenoxy) is 2. The summed E-state index contributed by atoms with van der Waals surface area (Å²) in [5, 5.41) is 2.86. The number of hydrogen-bond donors (Lipinski definition) is 1. The summed E-state index contributed by atoms with van der Waals surface area (Å²) in [6, 6.07) is 19.1. The highest BCUT2D eigenvalue weighted by atomic mass is 16.5. The summed E-state index contributed by atoms with van der Waals surface area (Å²) in [4.78, 5) is 12.2. The number of hydrogen-bond acceptors (Lipinski definition) is 4. The molecule has 0 atom stereocenters. The molecule has 1 aromatic heterocycles. The van der Waals surface area contributed by atoms with E-state index in [1.165, 1.54) is 5.56 Å². The fraction of sp³-hybridized carbons (Fsp3) is 0.261. The number of rotatable bonds is 9. The van der Waals surface area contributed by atoms with E-state index in [9.17, 15) is 4.79 Å². The second-order valence-corrected chi connectivity index (χ2v) is 6.84. The van der Waals surface area contributed by atoms with Gasteiger partial charge < -0.3 is 19.2 Å². The highest BCUT2D eigenvalue weighted by molar-refractivity contribution is 5.91. The van der Waals surface area contributed by atoms with Gasteiger partial charge >= 0.3 is 0 Å². The van der Waals surface area contributed by atoms with Crippen LogP contribution < -0.4 is 10.1 Å². The molecule has 0 aliphatic carbocycles. The molecule has 0 aliphatic heterocycles. The van der Waals surface area contributed by atoms with Crippen LogP contribution in [0.5, 0.6) is 5.75 Å². The minimum absolute atomic E-state index is 0.0409. The third-order valence-electron chi connectivity index (χ3n) is 4.20. The van der Waals surface area contributed by atoms with Gasteiger partial charge in [-0.25, -0.2) is 0 Å². The molecule has 146 valence electrons. The van der Waals surface area contributed by atoms with Gasteiger partial charge in [-0.05, 0) is 53.4 Å². The number of carbonyl (C=O) groups excluding carboxylic acids is 1. The van der Waals surface area contributed by atoms with Crippen LogP contribution in [0.3, 0.4) is 0 Å². The Morgan fingerprint density at radius 1 is 1.04 bits per heavy atom. The third kappa shape index (κ3) is 5.99. The molecule has 28 heavy (non-hydrogen) atoms. The quantitative estimate of drug-likeness (QED) is 0.559. The fourth-order valence-electron chi connectivity index (χ4n) is 2.71. The van der Waals surface area contributed by atoms with Crippen molar-refractivity contribution in [2.75, 3.05) is 11.9 Å². The van der Waals surface area contributed by atoms with Gasteiger partial charge in [-0.1, -0.05) is 38.1 Å². The maximum Gasteiger partial charge on any atom is 0.262 e. The summed E-state index contributed by atoms with van der Waals surface area (Å²) in [7, 11) is 0. The molecule has 0 saturated heterocycles. The van der Waals surface area contributed by atoms with Crippen LogP contribution in [0.1, 0.15) is 36.7 Å². The summed E-state index contributed by atoms with van der Waals surface area (Å²) in [6.45, 7) is 5.05. The third-order valence-corrected chi connectivity index (χ3v) is 4.20. The van der Waals surface area contributed by atoms with Crippen LogP contribution in [-0.2, 0) is 22.7 Å². The van der Waals surface area contributed by atoms with Crippen molar-refractivity contribution in [3.8, 4) is 5.75 Å². The van der Waals surface area contributed by atoms with Gasteiger partial charge in [0.2, 0.25) is 0 Å². The topological polar surface area (TPSA) is 60.7 Å². The Morgan fingerprint density at radius 3 is 2.68 bits per heavy atom. The first kappa shape index (κ1) is 19.7. The van der Waals surface area contributed by atoms with Gasteiger partial charge in [0.05, 0.1) is 12.9 Å². The van der Waals surface area contributed by atoms with E-state index in [0.29, 0.717) is 30.6 Å². The Bertz CT molecular complexity index is 887. The Hall–Kier alpha value is -3.05. The maximum atomic E-state index is 12.2. The summed E-state index contributed by atoms with van der Waals surface area (Å²) in [5.74, 6) is 1.68. The zero-order valence-corrected chi connectivity index (χ0v) is 16.2. The van der Waals surface area contributed by atoms with Gasteiger partial charge in [0.1, 0.15) is 18.1 Å². The lowest BCUT2D eigenvalue weighted by molar-refractivity contribution is -0.118. The van der Waals surface area contributed by atoms with Crippen LogP contribution >= 0.6 is 0 Å². The summed E-state index contributed by atoms with van der Waals surface area (Å²) >= 11 is 0. The molecule has 0 spiro atoms. The first-order valence-electron chi connectivity index (χ1n) is 9.32. The standard InChI is InChI=1S/C23H25NO4/c1-17(2)19-7-4-9-21(13-19)28-16-23(25)24-20-8-3-6-18(12-20)14-26-15-22-10-5-11-27-22/h3-13,17H,14-16H2,1-2H3,(H,24,25). The predicted octanol–water partition coefficient (Wildman–Crippen LogP) is 5.14. The van der Waals surface area contributed by atoms with Crippen molar-refractivity contribution in [2.24, 2.45) is 0 Å². The number of nitrogens with one attached hydrogen (secondary N) is 1. The Balaban J connectivity index is 1.47. The molecule has 3 aromatic rings. The molecule has 0 aliphatic rings. The SMILES string of the molecule is CC(C)c1cccc(OCC(=O)Nc2cccc(COCc3ccco3)c2)c1. The van der Waals surface area contributed by atoms with Gasteiger partial charge in [0.15, 0.2) is 6.61 Å². The van der Waals surface area contributed by atoms with E-state index in [4.69, 9.17) is 13.9 Å². The normalized spacial score (nSPS) is 10.8. The van der Waals surface area contributed by atoms with Gasteiger partial charge in [0.25, 0.3) is 5.91 Å². The first-order valence-corrected chi connectivity index (χ1v) is 9.32. The molecule has 0 radical (unpaired) electrons. The van der Waals surface area contributed by atoms with E-state index < -0.39 is 0 Å². The van der Waals surface area contributed by atoms with Crippen LogP contribution in [0, 0.1) is 0 Å². The molecule has 1 N–H and O–H groups in total. The first-order chi connectivity index (χ1) is 13.6. The van der Waals surface area contributed by atoms with E-state index in [1.807, 2.05) is 54.6 Å². The van der Waals surface area contributed by atoms with Crippen LogP contribution in [0.4, 0.5) is 5.69 Å². The van der Waals surface area contributed by atoms with Crippen molar-refractivity contribution in [2.45, 2.75) is 33.0 Å². The molecule has 3 rings (SSSR count). The average molecular weight is 379 g/mol. The number of carbonyl (C=O) groups is 1. The lowest BCUT2D eigenvalue weighted by Crippen LogP contribution is -2.20. The van der Waals surface area contributed by atoms with Gasteiger partial charge in [-0.15, -0.1) is 0 Å². The van der Waals surface area contributed by atoms with Crippen LogP contribution in [0.2, 0.25) is 0 Å². The second kappa shape index (κ2) is 9.76. The van der Waals surface area contributed by atoms with Crippen molar-refractivity contribution in [3.05, 3.63) is 83.8 Å². The maximum absolute atomic E-state index is 12.2. The molecular formula is C23H25NO4. The zero-order chi connectivity index (χ0) is 19.8. The molecule has 0 saturated carbocycles. The zero-order valence-electron chi connectivity index (χ0n) is 16.2. The smallest absolute Gasteiger partial charge is 0.262 e.